The molecule has 3 rings (SSSR count). The number of hydrogen-bond acceptors (Lipinski definition) is 4. The zero-order valence-electron chi connectivity index (χ0n) is 9.87. The summed E-state index contributed by atoms with van der Waals surface area (Å²) in [7, 11) is -3.41. The van der Waals surface area contributed by atoms with Crippen LogP contribution in [0.4, 0.5) is 0 Å². The summed E-state index contributed by atoms with van der Waals surface area (Å²) in [6.07, 6.45) is 1.67. The molecule has 1 aliphatic heterocycles. The lowest BCUT2D eigenvalue weighted by atomic mass is 10.0. The first-order valence-electron chi connectivity index (χ1n) is 5.68. The van der Waals surface area contributed by atoms with Crippen LogP contribution in [0.3, 0.4) is 0 Å². The van der Waals surface area contributed by atoms with Crippen molar-refractivity contribution in [3.05, 3.63) is 57.8 Å². The Labute approximate surface area is 115 Å². The van der Waals surface area contributed by atoms with Gasteiger partial charge in [0.15, 0.2) is 15.6 Å². The third-order valence-corrected chi connectivity index (χ3v) is 5.50. The Balaban J connectivity index is 2.17. The molecule has 0 amide bonds. The average molecular weight is 290 g/mol. The Hall–Kier alpha value is -1.72. The molecule has 1 aromatic carbocycles. The topological polar surface area (TPSA) is 51.2 Å². The van der Waals surface area contributed by atoms with E-state index in [0.717, 1.165) is 4.88 Å². The van der Waals surface area contributed by atoms with E-state index in [1.54, 1.807) is 24.3 Å². The number of thiophene rings is 1. The van der Waals surface area contributed by atoms with Crippen LogP contribution in [0, 0.1) is 0 Å². The van der Waals surface area contributed by atoms with Gasteiger partial charge in [0.1, 0.15) is 0 Å². The molecule has 0 bridgehead atoms. The van der Waals surface area contributed by atoms with Crippen LogP contribution >= 0.6 is 11.3 Å². The predicted octanol–water partition coefficient (Wildman–Crippen LogP) is 2.80. The van der Waals surface area contributed by atoms with Crippen LogP contribution in [-0.2, 0) is 9.84 Å². The first-order valence-corrected chi connectivity index (χ1v) is 8.22. The van der Waals surface area contributed by atoms with Crippen molar-refractivity contribution in [3.8, 4) is 0 Å². The minimum absolute atomic E-state index is 0.142. The zero-order chi connectivity index (χ0) is 13.5. The second-order valence-electron chi connectivity index (χ2n) is 4.27. The first kappa shape index (κ1) is 12.3. The highest BCUT2D eigenvalue weighted by molar-refractivity contribution is 7.91. The maximum atomic E-state index is 12.3. The number of fused-ring (bicyclic) bond motifs is 1. The Morgan fingerprint density at radius 1 is 1.11 bits per heavy atom. The number of carbonyl (C=O) groups is 1. The van der Waals surface area contributed by atoms with Crippen LogP contribution in [0.5, 0.6) is 0 Å². The number of hydrogen-bond donors (Lipinski definition) is 0. The van der Waals surface area contributed by atoms with Gasteiger partial charge in [-0.3, -0.25) is 4.79 Å². The van der Waals surface area contributed by atoms with Crippen molar-refractivity contribution >= 4 is 33.0 Å². The van der Waals surface area contributed by atoms with Gasteiger partial charge in [0.25, 0.3) is 0 Å². The molecule has 5 heteroatoms. The van der Waals surface area contributed by atoms with E-state index in [-0.39, 0.29) is 22.0 Å². The minimum Gasteiger partial charge on any atom is -0.289 e. The maximum absolute atomic E-state index is 12.3. The van der Waals surface area contributed by atoms with E-state index in [1.807, 2.05) is 17.5 Å². The molecule has 0 spiro atoms. The van der Waals surface area contributed by atoms with Crippen molar-refractivity contribution in [3.63, 3.8) is 0 Å². The van der Waals surface area contributed by atoms with E-state index < -0.39 is 9.84 Å². The molecule has 0 fully saturated rings. The highest BCUT2D eigenvalue weighted by Gasteiger charge is 2.32. The highest BCUT2D eigenvalue weighted by Crippen LogP contribution is 2.29. The Morgan fingerprint density at radius 3 is 2.63 bits per heavy atom. The van der Waals surface area contributed by atoms with Crippen molar-refractivity contribution in [2.45, 2.75) is 4.90 Å². The molecule has 0 radical (unpaired) electrons. The van der Waals surface area contributed by atoms with E-state index >= 15 is 0 Å². The van der Waals surface area contributed by atoms with Crippen molar-refractivity contribution in [1.82, 2.24) is 0 Å². The quantitative estimate of drug-likeness (QED) is 0.759. The summed E-state index contributed by atoms with van der Waals surface area (Å²) in [6, 6.07) is 10.1. The van der Waals surface area contributed by atoms with E-state index in [0.29, 0.717) is 5.57 Å². The summed E-state index contributed by atoms with van der Waals surface area (Å²) in [5, 5.41) is 1.89. The minimum atomic E-state index is -3.41. The smallest absolute Gasteiger partial charge is 0.191 e. The SMILES string of the molecule is O=C1/C(=C/c2cccs2)CS(=O)(=O)c2ccccc21. The van der Waals surface area contributed by atoms with Crippen LogP contribution in [0.25, 0.3) is 6.08 Å². The van der Waals surface area contributed by atoms with E-state index in [1.165, 1.54) is 17.4 Å². The molecule has 2 heterocycles. The molecule has 3 nitrogen and oxygen atoms in total. The third kappa shape index (κ3) is 2.15. The lowest BCUT2D eigenvalue weighted by molar-refractivity contribution is 0.103. The summed E-state index contributed by atoms with van der Waals surface area (Å²) >= 11 is 1.48. The summed E-state index contributed by atoms with van der Waals surface area (Å²) in [5.74, 6) is -0.417. The molecule has 0 aliphatic carbocycles. The van der Waals surface area contributed by atoms with Gasteiger partial charge in [-0.05, 0) is 29.7 Å². The largest absolute Gasteiger partial charge is 0.289 e. The number of Topliss-reactive ketones (excluding diaryl/α,β-unsaturated/α-hetero) is 1. The van der Waals surface area contributed by atoms with Crippen molar-refractivity contribution in [2.24, 2.45) is 0 Å². The Kier molecular flexibility index (Phi) is 2.88. The molecule has 0 saturated heterocycles. The Bertz CT molecular complexity index is 769. The lowest BCUT2D eigenvalue weighted by Crippen LogP contribution is -2.24. The Morgan fingerprint density at radius 2 is 1.89 bits per heavy atom. The number of sulfone groups is 1. The average Bonchev–Trinajstić information content (AvgIpc) is 2.88. The second kappa shape index (κ2) is 4.43. The zero-order valence-corrected chi connectivity index (χ0v) is 11.5. The van der Waals surface area contributed by atoms with Gasteiger partial charge in [-0.2, -0.15) is 0 Å². The molecule has 0 unspecified atom stereocenters. The summed E-state index contributed by atoms with van der Waals surface area (Å²) in [6.45, 7) is 0. The lowest BCUT2D eigenvalue weighted by Gasteiger charge is -2.17. The second-order valence-corrected chi connectivity index (χ2v) is 7.21. The molecule has 0 N–H and O–H groups in total. The summed E-state index contributed by atoms with van der Waals surface area (Å²) in [4.78, 5) is 13.3. The van der Waals surface area contributed by atoms with Crippen molar-refractivity contribution < 1.29 is 13.2 Å². The third-order valence-electron chi connectivity index (χ3n) is 2.96. The van der Waals surface area contributed by atoms with Gasteiger partial charge >= 0.3 is 0 Å². The van der Waals surface area contributed by atoms with Gasteiger partial charge in [-0.25, -0.2) is 8.42 Å². The van der Waals surface area contributed by atoms with Crippen LogP contribution in [0.15, 0.2) is 52.2 Å². The predicted molar refractivity (Wildman–Crippen MR) is 75.1 cm³/mol. The number of carbonyl (C=O) groups excluding carboxylic acids is 1. The molecular formula is C14H10O3S2. The number of rotatable bonds is 1. The van der Waals surface area contributed by atoms with Crippen molar-refractivity contribution in [1.29, 1.82) is 0 Å². The van der Waals surface area contributed by atoms with Crippen LogP contribution in [0.1, 0.15) is 15.2 Å². The van der Waals surface area contributed by atoms with E-state index in [2.05, 4.69) is 0 Å². The molecule has 19 heavy (non-hydrogen) atoms. The fourth-order valence-corrected chi connectivity index (χ4v) is 4.34. The molecule has 2 aromatic rings. The van der Waals surface area contributed by atoms with Gasteiger partial charge < -0.3 is 0 Å². The summed E-state index contributed by atoms with van der Waals surface area (Å²) in [5.41, 5.74) is 0.609. The molecule has 0 saturated carbocycles. The van der Waals surface area contributed by atoms with Crippen LogP contribution in [-0.4, -0.2) is 20.0 Å². The molecule has 1 aliphatic rings. The first-order chi connectivity index (χ1) is 9.08. The standard InChI is InChI=1S/C14H10O3S2/c15-14-10(8-11-4-3-7-18-11)9-19(16,17)13-6-2-1-5-12(13)14/h1-8H,9H2/b10-8+. The number of ketones is 1. The van der Waals surface area contributed by atoms with E-state index in [4.69, 9.17) is 0 Å². The summed E-state index contributed by atoms with van der Waals surface area (Å²) < 4.78 is 24.3. The van der Waals surface area contributed by atoms with E-state index in [9.17, 15) is 13.2 Å². The van der Waals surface area contributed by atoms with Gasteiger partial charge in [0, 0.05) is 16.0 Å². The number of benzene rings is 1. The molecular weight excluding hydrogens is 280 g/mol. The molecule has 0 atom stereocenters. The monoisotopic (exact) mass is 290 g/mol. The van der Waals surface area contributed by atoms with Crippen molar-refractivity contribution in [2.75, 3.05) is 5.75 Å². The van der Waals surface area contributed by atoms with Crippen LogP contribution in [0.2, 0.25) is 0 Å². The van der Waals surface area contributed by atoms with Crippen LogP contribution < -0.4 is 0 Å². The van der Waals surface area contributed by atoms with Gasteiger partial charge in [0.2, 0.25) is 0 Å². The van der Waals surface area contributed by atoms with Gasteiger partial charge in [0.05, 0.1) is 10.6 Å². The van der Waals surface area contributed by atoms with Gasteiger partial charge in [-0.1, -0.05) is 18.2 Å². The normalized spacial score (nSPS) is 19.4. The van der Waals surface area contributed by atoms with Gasteiger partial charge in [-0.15, -0.1) is 11.3 Å². The molecule has 96 valence electrons. The maximum Gasteiger partial charge on any atom is 0.191 e. The fraction of sp³-hybridized carbons (Fsp3) is 0.0714. The fourth-order valence-electron chi connectivity index (χ4n) is 2.10. The molecule has 1 aromatic heterocycles. The highest BCUT2D eigenvalue weighted by atomic mass is 32.2.